The molecular formula is C25H37ClN4O6. The van der Waals surface area contributed by atoms with Gasteiger partial charge in [0.2, 0.25) is 0 Å². The molecule has 2 aromatic carbocycles. The van der Waals surface area contributed by atoms with Crippen LogP contribution in [-0.4, -0.2) is 47.6 Å². The van der Waals surface area contributed by atoms with Gasteiger partial charge in [0.1, 0.15) is 5.60 Å². The number of carbonyl (C=O) groups excluding carboxylic acids is 1. The highest BCUT2D eigenvalue weighted by atomic mass is 35.5. The average molecular weight is 525 g/mol. The Morgan fingerprint density at radius 2 is 1.36 bits per heavy atom. The number of carbonyl (C=O) groups is 1. The summed E-state index contributed by atoms with van der Waals surface area (Å²) in [6.07, 6.45) is 1.47. The van der Waals surface area contributed by atoms with Gasteiger partial charge in [-0.1, -0.05) is 18.2 Å². The average Bonchev–Trinajstić information content (AvgIpc) is 2.78. The van der Waals surface area contributed by atoms with Crippen molar-refractivity contribution < 1.29 is 19.4 Å². The molecule has 2 rings (SSSR count). The third-order valence-electron chi connectivity index (χ3n) is 5.12. The monoisotopic (exact) mass is 524 g/mol. The molecule has 0 aliphatic rings. The maximum absolute atomic E-state index is 12.3. The highest BCUT2D eigenvalue weighted by Gasteiger charge is 2.23. The minimum absolute atomic E-state index is 0. The number of nitro benzene ring substituents is 2. The maximum Gasteiger partial charge on any atom is 0.339 e. The first-order chi connectivity index (χ1) is 16.3. The third kappa shape index (κ3) is 11.6. The van der Waals surface area contributed by atoms with E-state index in [0.29, 0.717) is 12.5 Å². The number of non-ortho nitro benzene ring substituents is 2. The zero-order valence-corrected chi connectivity index (χ0v) is 22.7. The molecule has 0 saturated heterocycles. The standard InChI is InChI=1S/C15H22N2O4.C10H14N2O2.ClH/c1-10(16-5)8-11-6-7-12(17(19)20)9-13(11)14(18)21-15(2,3)4;1-8(11-2)7-9-3-5-10(6-4-9)12(13)14;/h6-7,9-10,16H,8H2,1-5H3;3-6,8,11H,7H2,1-2H3;1H. The molecule has 0 heterocycles. The van der Waals surface area contributed by atoms with Gasteiger partial charge in [-0.3, -0.25) is 20.2 Å². The van der Waals surface area contributed by atoms with Crippen molar-refractivity contribution in [2.45, 2.75) is 65.1 Å². The summed E-state index contributed by atoms with van der Waals surface area (Å²) in [5, 5.41) is 27.5. The zero-order valence-electron chi connectivity index (χ0n) is 21.9. The van der Waals surface area contributed by atoms with E-state index in [2.05, 4.69) is 17.6 Å². The first-order valence-corrected chi connectivity index (χ1v) is 11.4. The van der Waals surface area contributed by atoms with Crippen LogP contribution < -0.4 is 10.6 Å². The van der Waals surface area contributed by atoms with E-state index in [1.54, 1.807) is 39.0 Å². The normalized spacial score (nSPS) is 12.3. The minimum Gasteiger partial charge on any atom is -0.456 e. The predicted molar refractivity (Wildman–Crippen MR) is 143 cm³/mol. The second kappa shape index (κ2) is 15.1. The number of nitro groups is 2. The Balaban J connectivity index is 0.000000713. The van der Waals surface area contributed by atoms with Crippen molar-refractivity contribution in [2.75, 3.05) is 14.1 Å². The van der Waals surface area contributed by atoms with Gasteiger partial charge in [0.15, 0.2) is 0 Å². The zero-order chi connectivity index (χ0) is 26.8. The summed E-state index contributed by atoms with van der Waals surface area (Å²) in [6, 6.07) is 11.5. The molecule has 2 aromatic rings. The lowest BCUT2D eigenvalue weighted by Gasteiger charge is -2.21. The summed E-state index contributed by atoms with van der Waals surface area (Å²) in [7, 11) is 3.72. The van der Waals surface area contributed by atoms with Gasteiger partial charge >= 0.3 is 5.97 Å². The Bertz CT molecular complexity index is 1010. The number of halogens is 1. The molecule has 0 spiro atoms. The van der Waals surface area contributed by atoms with Crippen molar-refractivity contribution in [3.8, 4) is 0 Å². The predicted octanol–water partition coefficient (Wildman–Crippen LogP) is 4.87. The maximum atomic E-state index is 12.3. The number of rotatable bonds is 9. The molecule has 0 aliphatic carbocycles. The molecule has 0 aliphatic heterocycles. The fraction of sp³-hybridized carbons (Fsp3) is 0.480. The van der Waals surface area contributed by atoms with Crippen LogP contribution in [0.3, 0.4) is 0 Å². The Hall–Kier alpha value is -3.08. The third-order valence-corrected chi connectivity index (χ3v) is 5.12. The SMILES string of the molecule is CNC(C)Cc1ccc([N+](=O)[O-])cc1.CNC(C)Cc1ccc([N+](=O)[O-])cc1C(=O)OC(C)(C)C.Cl. The number of nitrogens with zero attached hydrogens (tertiary/aromatic N) is 2. The molecule has 11 heteroatoms. The first kappa shape index (κ1) is 32.9. The summed E-state index contributed by atoms with van der Waals surface area (Å²) in [6.45, 7) is 9.33. The summed E-state index contributed by atoms with van der Waals surface area (Å²) < 4.78 is 5.33. The van der Waals surface area contributed by atoms with Crippen molar-refractivity contribution >= 4 is 29.8 Å². The van der Waals surface area contributed by atoms with Gasteiger partial charge in [-0.25, -0.2) is 4.79 Å². The molecule has 2 unspecified atom stereocenters. The van der Waals surface area contributed by atoms with E-state index < -0.39 is 16.5 Å². The summed E-state index contributed by atoms with van der Waals surface area (Å²) in [5.41, 5.74) is 1.48. The van der Waals surface area contributed by atoms with Crippen molar-refractivity contribution in [1.29, 1.82) is 0 Å². The Kier molecular flexibility index (Phi) is 13.8. The molecular weight excluding hydrogens is 488 g/mol. The summed E-state index contributed by atoms with van der Waals surface area (Å²) >= 11 is 0. The number of ether oxygens (including phenoxy) is 1. The lowest BCUT2D eigenvalue weighted by atomic mass is 10.00. The van der Waals surface area contributed by atoms with E-state index in [0.717, 1.165) is 17.5 Å². The number of likely N-dealkylation sites (N-methyl/N-ethyl adjacent to an activating group) is 2. The van der Waals surface area contributed by atoms with E-state index in [-0.39, 0.29) is 40.3 Å². The number of benzene rings is 2. The molecule has 200 valence electrons. The van der Waals surface area contributed by atoms with E-state index in [9.17, 15) is 25.0 Å². The van der Waals surface area contributed by atoms with Crippen molar-refractivity contribution in [1.82, 2.24) is 10.6 Å². The quantitative estimate of drug-likeness (QED) is 0.269. The Labute approximate surface area is 218 Å². The fourth-order valence-corrected chi connectivity index (χ4v) is 3.02. The van der Waals surface area contributed by atoms with Crippen LogP contribution in [0, 0.1) is 20.2 Å². The van der Waals surface area contributed by atoms with Crippen LogP contribution in [0.4, 0.5) is 11.4 Å². The summed E-state index contributed by atoms with van der Waals surface area (Å²) in [4.78, 5) is 32.6. The van der Waals surface area contributed by atoms with Gasteiger partial charge in [-0.2, -0.15) is 0 Å². The van der Waals surface area contributed by atoms with Crippen molar-refractivity contribution in [3.63, 3.8) is 0 Å². The highest BCUT2D eigenvalue weighted by Crippen LogP contribution is 2.22. The molecule has 0 fully saturated rings. The molecule has 0 radical (unpaired) electrons. The molecule has 0 aromatic heterocycles. The topological polar surface area (TPSA) is 137 Å². The van der Waals surface area contributed by atoms with Gasteiger partial charge in [-0.05, 0) is 72.7 Å². The fourth-order valence-electron chi connectivity index (χ4n) is 3.02. The van der Waals surface area contributed by atoms with Crippen LogP contribution in [0.25, 0.3) is 0 Å². The second-order valence-corrected chi connectivity index (χ2v) is 9.31. The van der Waals surface area contributed by atoms with Gasteiger partial charge < -0.3 is 15.4 Å². The van der Waals surface area contributed by atoms with Crippen molar-refractivity contribution in [2.24, 2.45) is 0 Å². The van der Waals surface area contributed by atoms with Crippen LogP contribution in [0.15, 0.2) is 42.5 Å². The van der Waals surface area contributed by atoms with Crippen LogP contribution >= 0.6 is 12.4 Å². The van der Waals surface area contributed by atoms with Crippen molar-refractivity contribution in [3.05, 3.63) is 79.4 Å². The lowest BCUT2D eigenvalue weighted by Crippen LogP contribution is -2.27. The first-order valence-electron chi connectivity index (χ1n) is 11.4. The second-order valence-electron chi connectivity index (χ2n) is 9.31. The minimum atomic E-state index is -0.645. The molecule has 0 amide bonds. The van der Waals surface area contributed by atoms with Gasteiger partial charge in [0.05, 0.1) is 15.4 Å². The van der Waals surface area contributed by atoms with E-state index in [4.69, 9.17) is 4.74 Å². The van der Waals surface area contributed by atoms with Crippen LogP contribution in [0.1, 0.15) is 56.1 Å². The van der Waals surface area contributed by atoms with Gasteiger partial charge in [0, 0.05) is 36.3 Å². The largest absolute Gasteiger partial charge is 0.456 e. The number of hydrogen-bond acceptors (Lipinski definition) is 8. The van der Waals surface area contributed by atoms with E-state index in [1.165, 1.54) is 24.3 Å². The Morgan fingerprint density at radius 1 is 0.889 bits per heavy atom. The number of hydrogen-bond donors (Lipinski definition) is 2. The van der Waals surface area contributed by atoms with Crippen LogP contribution in [-0.2, 0) is 17.6 Å². The molecule has 2 atom stereocenters. The number of nitrogens with one attached hydrogen (secondary N) is 2. The molecule has 0 saturated carbocycles. The van der Waals surface area contributed by atoms with E-state index in [1.807, 2.05) is 21.0 Å². The molecule has 2 N–H and O–H groups in total. The number of esters is 1. The van der Waals surface area contributed by atoms with Crippen LogP contribution in [0.2, 0.25) is 0 Å². The smallest absolute Gasteiger partial charge is 0.339 e. The van der Waals surface area contributed by atoms with E-state index >= 15 is 0 Å². The van der Waals surface area contributed by atoms with Crippen LogP contribution in [0.5, 0.6) is 0 Å². The Morgan fingerprint density at radius 3 is 1.81 bits per heavy atom. The van der Waals surface area contributed by atoms with Gasteiger partial charge in [0.25, 0.3) is 11.4 Å². The molecule has 36 heavy (non-hydrogen) atoms. The highest BCUT2D eigenvalue weighted by molar-refractivity contribution is 5.92. The molecule has 0 bridgehead atoms. The van der Waals surface area contributed by atoms with Gasteiger partial charge in [-0.15, -0.1) is 12.4 Å². The summed E-state index contributed by atoms with van der Waals surface area (Å²) in [5.74, 6) is -0.537. The lowest BCUT2D eigenvalue weighted by molar-refractivity contribution is -0.385. The molecule has 10 nitrogen and oxygen atoms in total.